The van der Waals surface area contributed by atoms with Gasteiger partial charge in [-0.3, -0.25) is 4.79 Å². The van der Waals surface area contributed by atoms with Gasteiger partial charge in [0, 0.05) is 5.69 Å². The number of oxazole rings is 1. The second-order valence-corrected chi connectivity index (χ2v) is 4.16. The van der Waals surface area contributed by atoms with Gasteiger partial charge < -0.3 is 15.5 Å². The van der Waals surface area contributed by atoms with E-state index in [4.69, 9.17) is 21.8 Å². The number of anilines is 1. The Morgan fingerprint density at radius 1 is 1.56 bits per heavy atom. The first kappa shape index (κ1) is 12.4. The van der Waals surface area contributed by atoms with E-state index in [1.54, 1.807) is 31.3 Å². The molecule has 0 aliphatic rings. The molecule has 0 saturated heterocycles. The predicted molar refractivity (Wildman–Crippen MR) is 68.3 cm³/mol. The van der Waals surface area contributed by atoms with Crippen LogP contribution in [-0.2, 0) is 6.54 Å². The number of halogens is 1. The zero-order valence-corrected chi connectivity index (χ0v) is 10.5. The molecule has 5 nitrogen and oxygen atoms in total. The van der Waals surface area contributed by atoms with Gasteiger partial charge in [-0.15, -0.1) is 0 Å². The van der Waals surface area contributed by atoms with E-state index in [0.29, 0.717) is 22.4 Å². The second-order valence-electron chi connectivity index (χ2n) is 3.75. The lowest BCUT2D eigenvalue weighted by atomic mass is 10.1. The van der Waals surface area contributed by atoms with E-state index in [-0.39, 0.29) is 18.0 Å². The molecule has 0 unspecified atom stereocenters. The monoisotopic (exact) mass is 265 g/mol. The number of hydrogen-bond acceptors (Lipinski definition) is 4. The average Bonchev–Trinajstić information content (AvgIpc) is 2.72. The molecule has 0 radical (unpaired) electrons. The molecular weight excluding hydrogens is 254 g/mol. The highest BCUT2D eigenvalue weighted by Gasteiger charge is 2.14. The number of carbonyl (C=O) groups excluding carboxylic acids is 1. The highest BCUT2D eigenvalue weighted by atomic mass is 35.5. The fraction of sp³-hybridized carbons (Fsp3) is 0.167. The summed E-state index contributed by atoms with van der Waals surface area (Å²) >= 11 is 5.93. The maximum Gasteiger partial charge on any atom is 0.255 e. The van der Waals surface area contributed by atoms with Crippen LogP contribution < -0.4 is 11.1 Å². The molecule has 6 heteroatoms. The molecule has 18 heavy (non-hydrogen) atoms. The molecule has 0 aliphatic heterocycles. The number of nitrogens with two attached hydrogens (primary N) is 1. The number of nitrogens with one attached hydrogen (secondary N) is 1. The van der Waals surface area contributed by atoms with Crippen molar-refractivity contribution >= 4 is 23.2 Å². The van der Waals surface area contributed by atoms with E-state index in [2.05, 4.69) is 10.3 Å². The van der Waals surface area contributed by atoms with Gasteiger partial charge in [0.2, 0.25) is 5.89 Å². The van der Waals surface area contributed by atoms with Crippen LogP contribution in [0.15, 0.2) is 28.8 Å². The lowest BCUT2D eigenvalue weighted by molar-refractivity contribution is 0.0948. The van der Waals surface area contributed by atoms with Crippen molar-refractivity contribution in [3.05, 3.63) is 46.6 Å². The van der Waals surface area contributed by atoms with Crippen molar-refractivity contribution in [2.75, 3.05) is 5.73 Å². The molecular formula is C12H12ClN3O2. The highest BCUT2D eigenvalue weighted by molar-refractivity contribution is 6.34. The van der Waals surface area contributed by atoms with Gasteiger partial charge in [-0.25, -0.2) is 4.98 Å². The van der Waals surface area contributed by atoms with Gasteiger partial charge in [0.25, 0.3) is 5.91 Å². The summed E-state index contributed by atoms with van der Waals surface area (Å²) in [6, 6.07) is 4.92. The molecule has 1 heterocycles. The number of rotatable bonds is 3. The van der Waals surface area contributed by atoms with E-state index in [1.165, 1.54) is 0 Å². The molecule has 94 valence electrons. The summed E-state index contributed by atoms with van der Waals surface area (Å²) in [4.78, 5) is 15.9. The first-order valence-electron chi connectivity index (χ1n) is 5.31. The van der Waals surface area contributed by atoms with Crippen molar-refractivity contribution in [3.63, 3.8) is 0 Å². The molecule has 1 aromatic heterocycles. The summed E-state index contributed by atoms with van der Waals surface area (Å²) < 4.78 is 5.24. The molecule has 2 rings (SSSR count). The average molecular weight is 266 g/mol. The Bertz CT molecular complexity index is 560. The van der Waals surface area contributed by atoms with Crippen LogP contribution in [-0.4, -0.2) is 10.9 Å². The lowest BCUT2D eigenvalue weighted by Gasteiger charge is -2.07. The van der Waals surface area contributed by atoms with E-state index >= 15 is 0 Å². The number of amides is 1. The maximum atomic E-state index is 11.9. The molecule has 0 spiro atoms. The minimum Gasteiger partial charge on any atom is -0.444 e. The quantitative estimate of drug-likeness (QED) is 0.833. The number of nitrogen functional groups attached to an aromatic ring is 1. The fourth-order valence-corrected chi connectivity index (χ4v) is 1.78. The minimum absolute atomic E-state index is 0.192. The summed E-state index contributed by atoms with van der Waals surface area (Å²) in [5.74, 6) is 0.775. The molecule has 0 aliphatic carbocycles. The third-order valence-electron chi connectivity index (χ3n) is 2.34. The van der Waals surface area contributed by atoms with Gasteiger partial charge in [0.15, 0.2) is 0 Å². The van der Waals surface area contributed by atoms with Gasteiger partial charge in [0.1, 0.15) is 5.76 Å². The standard InChI is InChI=1S/C12H12ClN3O2/c1-7-5-15-10(18-7)6-16-12(17)11-8(13)3-2-4-9(11)14/h2-5H,6,14H2,1H3,(H,16,17). The highest BCUT2D eigenvalue weighted by Crippen LogP contribution is 2.21. The summed E-state index contributed by atoms with van der Waals surface area (Å²) in [7, 11) is 0. The number of aromatic nitrogens is 1. The zero-order chi connectivity index (χ0) is 13.1. The van der Waals surface area contributed by atoms with Crippen LogP contribution >= 0.6 is 11.6 Å². The fourth-order valence-electron chi connectivity index (χ4n) is 1.51. The Balaban J connectivity index is 2.08. The van der Waals surface area contributed by atoms with E-state index in [9.17, 15) is 4.79 Å². The van der Waals surface area contributed by atoms with E-state index in [1.807, 2.05) is 0 Å². The SMILES string of the molecule is Cc1cnc(CNC(=O)c2c(N)cccc2Cl)o1. The van der Waals surface area contributed by atoms with E-state index in [0.717, 1.165) is 0 Å². The summed E-state index contributed by atoms with van der Waals surface area (Å²) in [6.07, 6.45) is 1.59. The summed E-state index contributed by atoms with van der Waals surface area (Å²) in [5, 5.41) is 2.97. The van der Waals surface area contributed by atoms with Gasteiger partial charge in [0.05, 0.1) is 23.3 Å². The predicted octanol–water partition coefficient (Wildman–Crippen LogP) is 2.15. The smallest absolute Gasteiger partial charge is 0.255 e. The largest absolute Gasteiger partial charge is 0.444 e. The first-order valence-corrected chi connectivity index (χ1v) is 5.69. The van der Waals surface area contributed by atoms with Crippen molar-refractivity contribution in [1.82, 2.24) is 10.3 Å². The van der Waals surface area contributed by atoms with Crippen LogP contribution in [0.2, 0.25) is 5.02 Å². The van der Waals surface area contributed by atoms with Gasteiger partial charge in [-0.05, 0) is 19.1 Å². The molecule has 0 saturated carbocycles. The Morgan fingerprint density at radius 3 is 2.94 bits per heavy atom. The second kappa shape index (κ2) is 5.10. The van der Waals surface area contributed by atoms with E-state index < -0.39 is 0 Å². The molecule has 1 amide bonds. The molecule has 0 atom stereocenters. The summed E-state index contributed by atoms with van der Waals surface area (Å²) in [6.45, 7) is 1.97. The van der Waals surface area contributed by atoms with Crippen molar-refractivity contribution in [2.45, 2.75) is 13.5 Å². The van der Waals surface area contributed by atoms with Crippen molar-refractivity contribution < 1.29 is 9.21 Å². The molecule has 1 aromatic carbocycles. The minimum atomic E-state index is -0.353. The van der Waals surface area contributed by atoms with Crippen molar-refractivity contribution in [3.8, 4) is 0 Å². The Kier molecular flexibility index (Phi) is 3.53. The van der Waals surface area contributed by atoms with Crippen LogP contribution in [0.4, 0.5) is 5.69 Å². The third kappa shape index (κ3) is 2.62. The van der Waals surface area contributed by atoms with Crippen LogP contribution in [0, 0.1) is 6.92 Å². The Labute approximate surface area is 109 Å². The zero-order valence-electron chi connectivity index (χ0n) is 9.74. The molecule has 0 fully saturated rings. The number of hydrogen-bond donors (Lipinski definition) is 2. The van der Waals surface area contributed by atoms with Crippen LogP contribution in [0.5, 0.6) is 0 Å². The van der Waals surface area contributed by atoms with Crippen LogP contribution in [0.1, 0.15) is 22.0 Å². The topological polar surface area (TPSA) is 81.2 Å². The summed E-state index contributed by atoms with van der Waals surface area (Å²) in [5.41, 5.74) is 6.31. The third-order valence-corrected chi connectivity index (χ3v) is 2.66. The van der Waals surface area contributed by atoms with Crippen LogP contribution in [0.25, 0.3) is 0 Å². The van der Waals surface area contributed by atoms with Crippen LogP contribution in [0.3, 0.4) is 0 Å². The lowest BCUT2D eigenvalue weighted by Crippen LogP contribution is -2.24. The van der Waals surface area contributed by atoms with Crippen molar-refractivity contribution in [1.29, 1.82) is 0 Å². The molecule has 0 bridgehead atoms. The van der Waals surface area contributed by atoms with Crippen molar-refractivity contribution in [2.24, 2.45) is 0 Å². The number of carbonyl (C=O) groups is 1. The Morgan fingerprint density at radius 2 is 2.33 bits per heavy atom. The van der Waals surface area contributed by atoms with Gasteiger partial charge in [-0.1, -0.05) is 17.7 Å². The first-order chi connectivity index (χ1) is 8.58. The molecule has 2 aromatic rings. The normalized spacial score (nSPS) is 10.3. The number of benzene rings is 1. The van der Waals surface area contributed by atoms with Gasteiger partial charge in [-0.2, -0.15) is 0 Å². The Hall–Kier alpha value is -2.01. The molecule has 3 N–H and O–H groups in total. The number of nitrogens with zero attached hydrogens (tertiary/aromatic N) is 1. The van der Waals surface area contributed by atoms with Gasteiger partial charge >= 0.3 is 0 Å². The number of aryl methyl sites for hydroxylation is 1. The maximum absolute atomic E-state index is 11.9.